The highest BCUT2D eigenvalue weighted by molar-refractivity contribution is 5.96. The van der Waals surface area contributed by atoms with E-state index in [-0.39, 0.29) is 25.8 Å². The number of benzene rings is 3. The number of nitrogens with two attached hydrogens (primary N) is 1. The first-order chi connectivity index (χ1) is 24.7. The van der Waals surface area contributed by atoms with Crippen molar-refractivity contribution in [2.75, 3.05) is 13.1 Å². The molecule has 14 nitrogen and oxygen atoms in total. The molecule has 0 aliphatic rings. The lowest BCUT2D eigenvalue weighted by Gasteiger charge is -2.25. The van der Waals surface area contributed by atoms with Crippen molar-refractivity contribution in [1.82, 2.24) is 36.2 Å². The summed E-state index contributed by atoms with van der Waals surface area (Å²) in [6, 6.07) is 19.0. The molecule has 6 rings (SSSR count). The van der Waals surface area contributed by atoms with Crippen LogP contribution in [0.3, 0.4) is 0 Å². The molecule has 51 heavy (non-hydrogen) atoms. The molecule has 0 spiro atoms. The van der Waals surface area contributed by atoms with Crippen molar-refractivity contribution in [3.63, 3.8) is 0 Å². The normalized spacial score (nSPS) is 13.0. The summed E-state index contributed by atoms with van der Waals surface area (Å²) in [7, 11) is 0. The Bertz CT molecular complexity index is 2220. The summed E-state index contributed by atoms with van der Waals surface area (Å²) in [4.78, 5) is 75.0. The predicted octanol–water partition coefficient (Wildman–Crippen LogP) is 1.77. The summed E-state index contributed by atoms with van der Waals surface area (Å²) < 4.78 is 0. The SMILES string of the molecule is NCC(=O)N[C@@H](Cc1c[nH]c2ccccc12)C(=O)N[C@@H](Cc1c[nH]c2ccccc12)C(=O)N[C@@H](Cc1c[nH]c2ccccc12)C(=O)NCC(=O)O. The minimum absolute atomic E-state index is 0.0305. The molecule has 0 aliphatic heterocycles. The van der Waals surface area contributed by atoms with Gasteiger partial charge < -0.3 is 47.1 Å². The van der Waals surface area contributed by atoms with Crippen LogP contribution >= 0.6 is 0 Å². The number of carboxylic acids is 1. The van der Waals surface area contributed by atoms with Gasteiger partial charge in [0.15, 0.2) is 0 Å². The van der Waals surface area contributed by atoms with Gasteiger partial charge in [-0.25, -0.2) is 0 Å². The minimum Gasteiger partial charge on any atom is -0.480 e. The molecule has 0 unspecified atom stereocenters. The van der Waals surface area contributed by atoms with E-state index in [4.69, 9.17) is 5.73 Å². The first-order valence-electron chi connectivity index (χ1n) is 16.4. The Hall–Kier alpha value is -6.41. The number of para-hydroxylation sites is 3. The van der Waals surface area contributed by atoms with E-state index < -0.39 is 54.3 Å². The van der Waals surface area contributed by atoms with Crippen LogP contribution in [0.2, 0.25) is 0 Å². The number of amides is 4. The number of aromatic nitrogens is 3. The molecule has 3 aromatic heterocycles. The van der Waals surface area contributed by atoms with Gasteiger partial charge in [0, 0.05) is 70.6 Å². The van der Waals surface area contributed by atoms with Gasteiger partial charge in [0.1, 0.15) is 24.7 Å². The lowest BCUT2D eigenvalue weighted by molar-refractivity contribution is -0.138. The zero-order chi connectivity index (χ0) is 35.9. The van der Waals surface area contributed by atoms with Crippen LogP contribution in [-0.4, -0.2) is 80.9 Å². The van der Waals surface area contributed by atoms with Crippen LogP contribution < -0.4 is 27.0 Å². The summed E-state index contributed by atoms with van der Waals surface area (Å²) in [6.45, 7) is -0.997. The molecule has 0 fully saturated rings. The van der Waals surface area contributed by atoms with Gasteiger partial charge in [-0.2, -0.15) is 0 Å². The maximum atomic E-state index is 14.2. The van der Waals surface area contributed by atoms with Gasteiger partial charge in [0.2, 0.25) is 23.6 Å². The van der Waals surface area contributed by atoms with Crippen molar-refractivity contribution in [3.8, 4) is 0 Å². The van der Waals surface area contributed by atoms with E-state index in [9.17, 15) is 29.1 Å². The van der Waals surface area contributed by atoms with Crippen LogP contribution in [0.15, 0.2) is 91.4 Å². The molecule has 0 saturated heterocycles. The third-order valence-electron chi connectivity index (χ3n) is 8.81. The monoisotopic (exact) mass is 690 g/mol. The largest absolute Gasteiger partial charge is 0.480 e. The summed E-state index contributed by atoms with van der Waals surface area (Å²) in [5.41, 5.74) is 10.3. The predicted molar refractivity (Wildman–Crippen MR) is 192 cm³/mol. The third kappa shape index (κ3) is 8.08. The molecule has 4 amide bonds. The number of nitrogens with one attached hydrogen (secondary N) is 7. The molecular weight excluding hydrogens is 652 g/mol. The first kappa shape index (κ1) is 34.5. The van der Waals surface area contributed by atoms with E-state index in [0.29, 0.717) is 0 Å². The maximum absolute atomic E-state index is 14.2. The fourth-order valence-electron chi connectivity index (χ4n) is 6.27. The van der Waals surface area contributed by atoms with Crippen LogP contribution in [0.1, 0.15) is 16.7 Å². The summed E-state index contributed by atoms with van der Waals surface area (Å²) in [5, 5.41) is 22.4. The number of aliphatic carboxylic acids is 1. The van der Waals surface area contributed by atoms with E-state index in [1.165, 1.54) is 0 Å². The second-order valence-corrected chi connectivity index (χ2v) is 12.2. The van der Waals surface area contributed by atoms with Gasteiger partial charge >= 0.3 is 5.97 Å². The molecule has 3 aromatic carbocycles. The summed E-state index contributed by atoms with van der Waals surface area (Å²) in [6.07, 6.45) is 5.41. The molecule has 0 radical (unpaired) electrons. The third-order valence-corrected chi connectivity index (χ3v) is 8.81. The Morgan fingerprint density at radius 1 is 0.569 bits per heavy atom. The molecule has 0 aliphatic carbocycles. The zero-order valence-corrected chi connectivity index (χ0v) is 27.5. The van der Waals surface area contributed by atoms with Crippen LogP contribution in [-0.2, 0) is 43.2 Å². The molecule has 3 heterocycles. The number of carboxylic acid groups (broad SMARTS) is 1. The molecule has 14 heteroatoms. The first-order valence-corrected chi connectivity index (χ1v) is 16.4. The molecule has 0 bridgehead atoms. The molecular formula is C37H38N8O6. The van der Waals surface area contributed by atoms with E-state index >= 15 is 0 Å². The Morgan fingerprint density at radius 3 is 1.33 bits per heavy atom. The Kier molecular flexibility index (Phi) is 10.4. The van der Waals surface area contributed by atoms with E-state index in [1.807, 2.05) is 72.8 Å². The number of carbonyl (C=O) groups excluding carboxylic acids is 4. The van der Waals surface area contributed by atoms with Gasteiger partial charge in [-0.15, -0.1) is 0 Å². The van der Waals surface area contributed by atoms with E-state index in [2.05, 4.69) is 36.2 Å². The Labute approximate surface area is 291 Å². The molecule has 6 aromatic rings. The minimum atomic E-state index is -1.24. The van der Waals surface area contributed by atoms with Gasteiger partial charge in [-0.3, -0.25) is 24.0 Å². The fraction of sp³-hybridized carbons (Fsp3) is 0.216. The quantitative estimate of drug-likeness (QED) is 0.0775. The fourth-order valence-corrected chi connectivity index (χ4v) is 6.27. The highest BCUT2D eigenvalue weighted by Gasteiger charge is 2.31. The second kappa shape index (κ2) is 15.4. The molecule has 262 valence electrons. The van der Waals surface area contributed by atoms with Crippen molar-refractivity contribution < 1.29 is 29.1 Å². The average molecular weight is 691 g/mol. The second-order valence-electron chi connectivity index (χ2n) is 12.2. The van der Waals surface area contributed by atoms with Gasteiger partial charge in [0.05, 0.1) is 6.54 Å². The van der Waals surface area contributed by atoms with E-state index in [0.717, 1.165) is 49.4 Å². The van der Waals surface area contributed by atoms with Crippen molar-refractivity contribution in [3.05, 3.63) is 108 Å². The lowest BCUT2D eigenvalue weighted by atomic mass is 10.00. The summed E-state index contributed by atoms with van der Waals surface area (Å²) >= 11 is 0. The standard InChI is InChI=1S/C37H38N8O6/c38-16-33(46)43-31(14-22-18-40-28-11-5-2-8-25(22)28)36(50)45-32(15-23-19-41-29-12-6-3-9-26(23)29)37(51)44-30(35(49)42-20-34(47)48)13-21-17-39-27-10-4-1-7-24(21)27/h1-12,17-19,30-32,39-41H,13-16,20,38H2,(H,42,49)(H,43,46)(H,44,51)(H,45,50)(H,47,48)/t30-,31-,32-/m0/s1. The highest BCUT2D eigenvalue weighted by Crippen LogP contribution is 2.22. The maximum Gasteiger partial charge on any atom is 0.322 e. The van der Waals surface area contributed by atoms with Gasteiger partial charge in [0.25, 0.3) is 0 Å². The lowest BCUT2D eigenvalue weighted by Crippen LogP contribution is -2.58. The van der Waals surface area contributed by atoms with Crippen molar-refractivity contribution in [2.45, 2.75) is 37.4 Å². The molecule has 10 N–H and O–H groups in total. The zero-order valence-electron chi connectivity index (χ0n) is 27.5. The topological polar surface area (TPSA) is 227 Å². The number of aromatic amines is 3. The number of hydrogen-bond donors (Lipinski definition) is 9. The Balaban J connectivity index is 1.30. The number of carbonyl (C=O) groups is 5. The van der Waals surface area contributed by atoms with Crippen molar-refractivity contribution in [1.29, 1.82) is 0 Å². The van der Waals surface area contributed by atoms with Gasteiger partial charge in [-0.1, -0.05) is 54.6 Å². The van der Waals surface area contributed by atoms with Crippen LogP contribution in [0.25, 0.3) is 32.7 Å². The van der Waals surface area contributed by atoms with Gasteiger partial charge in [-0.05, 0) is 34.9 Å². The molecule has 0 saturated carbocycles. The van der Waals surface area contributed by atoms with Crippen molar-refractivity contribution >= 4 is 62.3 Å². The summed E-state index contributed by atoms with van der Waals surface area (Å²) in [5.74, 6) is -3.82. The number of H-pyrrole nitrogens is 3. The van der Waals surface area contributed by atoms with Crippen molar-refractivity contribution in [2.24, 2.45) is 5.73 Å². The smallest absolute Gasteiger partial charge is 0.322 e. The van der Waals surface area contributed by atoms with Crippen LogP contribution in [0.4, 0.5) is 0 Å². The van der Waals surface area contributed by atoms with Crippen LogP contribution in [0, 0.1) is 0 Å². The van der Waals surface area contributed by atoms with E-state index in [1.54, 1.807) is 18.6 Å². The van der Waals surface area contributed by atoms with Crippen LogP contribution in [0.5, 0.6) is 0 Å². The molecule has 3 atom stereocenters. The Morgan fingerprint density at radius 2 is 0.941 bits per heavy atom. The highest BCUT2D eigenvalue weighted by atomic mass is 16.4. The average Bonchev–Trinajstić information content (AvgIpc) is 3.87. The number of hydrogen-bond acceptors (Lipinski definition) is 6. The number of rotatable bonds is 15. The number of fused-ring (bicyclic) bond motifs is 3.